The number of nitrogens with zero attached hydrogens (tertiary/aromatic N) is 4. The summed E-state index contributed by atoms with van der Waals surface area (Å²) in [5, 5.41) is 14.1. The fourth-order valence-corrected chi connectivity index (χ4v) is 0.953. The van der Waals surface area contributed by atoms with Crippen LogP contribution in [-0.4, -0.2) is 15.5 Å². The molecule has 64 valence electrons. The highest BCUT2D eigenvalue weighted by molar-refractivity contribution is 5.65. The lowest BCUT2D eigenvalue weighted by Gasteiger charge is -1.90. The molecule has 0 unspecified atom stereocenters. The van der Waals surface area contributed by atoms with Gasteiger partial charge >= 0.3 is 0 Å². The monoisotopic (exact) mass is 171 g/mol. The minimum atomic E-state index is 0.531. The summed E-state index contributed by atoms with van der Waals surface area (Å²) in [7, 11) is 0. The molecule has 4 heteroatoms. The molecule has 2 rings (SSSR count). The van der Waals surface area contributed by atoms with Crippen molar-refractivity contribution in [2.24, 2.45) is 0 Å². The van der Waals surface area contributed by atoms with E-state index < -0.39 is 0 Å². The van der Waals surface area contributed by atoms with Crippen molar-refractivity contribution >= 4 is 12.2 Å². The van der Waals surface area contributed by atoms with Crippen LogP contribution in [0.3, 0.4) is 0 Å². The van der Waals surface area contributed by atoms with Gasteiger partial charge in [0.2, 0.25) is 0 Å². The van der Waals surface area contributed by atoms with Crippen molar-refractivity contribution in [1.82, 2.24) is 20.6 Å². The van der Waals surface area contributed by atoms with E-state index in [1.165, 1.54) is 0 Å². The molecule has 0 saturated carbocycles. The van der Waals surface area contributed by atoms with Gasteiger partial charge in [0.05, 0.1) is 0 Å². The highest BCUT2D eigenvalue weighted by Gasteiger charge is 1.82. The van der Waals surface area contributed by atoms with Gasteiger partial charge in [0.15, 0.2) is 0 Å². The summed E-state index contributed by atoms with van der Waals surface area (Å²) in [5.41, 5.74) is 1.10. The smallest absolute Gasteiger partial charge is 0.0324 e. The van der Waals surface area contributed by atoms with E-state index in [1.54, 1.807) is 6.08 Å². The first-order valence-corrected chi connectivity index (χ1v) is 3.87. The molecule has 0 N–H and O–H groups in total. The maximum absolute atomic E-state index is 3.67. The second kappa shape index (κ2) is 3.62. The maximum Gasteiger partial charge on any atom is 0.0324 e. The first-order valence-electron chi connectivity index (χ1n) is 3.87. The topological polar surface area (TPSA) is 52.8 Å². The van der Waals surface area contributed by atoms with Gasteiger partial charge in [0, 0.05) is 5.82 Å². The molecule has 0 aliphatic rings. The molecule has 0 radical (unpaired) electrons. The van der Waals surface area contributed by atoms with Crippen molar-refractivity contribution in [2.75, 3.05) is 0 Å². The zero-order chi connectivity index (χ0) is 8.93. The highest BCUT2D eigenvalue weighted by Crippen LogP contribution is 2.02. The summed E-state index contributed by atoms with van der Waals surface area (Å²) in [6.45, 7) is 0. The van der Waals surface area contributed by atoms with Crippen molar-refractivity contribution in [3.05, 3.63) is 41.7 Å². The predicted molar refractivity (Wildman–Crippen MR) is 48.5 cm³/mol. The van der Waals surface area contributed by atoms with Crippen LogP contribution in [0, 0.1) is 0 Å². The molecule has 0 atom stereocenters. The average molecular weight is 171 g/mol. The molecule has 1 aromatic carbocycles. The van der Waals surface area contributed by atoms with Crippen molar-refractivity contribution < 1.29 is 0 Å². The van der Waals surface area contributed by atoms with E-state index in [-0.39, 0.29) is 0 Å². The van der Waals surface area contributed by atoms with E-state index >= 15 is 0 Å². The molecule has 13 heavy (non-hydrogen) atoms. The Labute approximate surface area is 75.3 Å². The van der Waals surface area contributed by atoms with Crippen LogP contribution in [0.4, 0.5) is 0 Å². The largest absolute Gasteiger partial charge is 0.331 e. The minimum Gasteiger partial charge on any atom is -0.331 e. The van der Waals surface area contributed by atoms with Gasteiger partial charge in [-0.1, -0.05) is 36.4 Å². The van der Waals surface area contributed by atoms with Crippen LogP contribution in [0.25, 0.3) is 12.2 Å². The Balaban J connectivity index is 2.15. The van der Waals surface area contributed by atoms with Gasteiger partial charge in [0.25, 0.3) is 0 Å². The van der Waals surface area contributed by atoms with Gasteiger partial charge in [-0.05, 0) is 11.6 Å². The second-order valence-corrected chi connectivity index (χ2v) is 2.48. The van der Waals surface area contributed by atoms with Crippen LogP contribution < -0.4 is 5.10 Å². The number of rotatable bonds is 2. The predicted octanol–water partition coefficient (Wildman–Crippen LogP) is 0.999. The molecule has 0 bridgehead atoms. The van der Waals surface area contributed by atoms with Gasteiger partial charge in [-0.3, -0.25) is 10.3 Å². The van der Waals surface area contributed by atoms with Crippen molar-refractivity contribution in [1.29, 1.82) is 0 Å². The summed E-state index contributed by atoms with van der Waals surface area (Å²) < 4.78 is 0. The molecule has 0 spiro atoms. The lowest BCUT2D eigenvalue weighted by molar-refractivity contribution is 0.871. The summed E-state index contributed by atoms with van der Waals surface area (Å²) in [4.78, 5) is 0. The fourth-order valence-electron chi connectivity index (χ4n) is 0.953. The lowest BCUT2D eigenvalue weighted by Crippen LogP contribution is -1.77. The van der Waals surface area contributed by atoms with Crippen molar-refractivity contribution in [3.63, 3.8) is 0 Å². The van der Waals surface area contributed by atoms with Crippen LogP contribution in [0.15, 0.2) is 30.3 Å². The Kier molecular flexibility index (Phi) is 2.14. The van der Waals surface area contributed by atoms with Gasteiger partial charge in [-0.2, -0.15) is 5.21 Å². The lowest BCUT2D eigenvalue weighted by atomic mass is 10.2. The van der Waals surface area contributed by atoms with Crippen LogP contribution in [0.1, 0.15) is 11.4 Å². The number of tetrazole rings is 1. The van der Waals surface area contributed by atoms with Crippen molar-refractivity contribution in [3.8, 4) is 0 Å². The Hall–Kier alpha value is -1.97. The molecular weight excluding hydrogens is 164 g/mol. The van der Waals surface area contributed by atoms with Crippen molar-refractivity contribution in [2.45, 2.75) is 0 Å². The summed E-state index contributed by atoms with van der Waals surface area (Å²) in [5.74, 6) is 0.531. The first kappa shape index (κ1) is 7.67. The first-order chi connectivity index (χ1) is 6.45. The SMILES string of the molecule is C(=C\c1nnn[n-]1)/c1ccccc1. The molecule has 0 fully saturated rings. The van der Waals surface area contributed by atoms with E-state index in [0.29, 0.717) is 5.82 Å². The third kappa shape index (κ3) is 1.99. The van der Waals surface area contributed by atoms with Crippen LogP contribution in [0.5, 0.6) is 0 Å². The fraction of sp³-hybridized carbons (Fsp3) is 0. The van der Waals surface area contributed by atoms with Crippen LogP contribution in [-0.2, 0) is 0 Å². The molecule has 0 aliphatic carbocycles. The Bertz CT molecular complexity index is 377. The zero-order valence-corrected chi connectivity index (χ0v) is 6.83. The maximum atomic E-state index is 3.67. The van der Waals surface area contributed by atoms with E-state index in [1.807, 2.05) is 36.4 Å². The quantitative estimate of drug-likeness (QED) is 0.676. The Morgan fingerprint density at radius 3 is 2.62 bits per heavy atom. The minimum absolute atomic E-state index is 0.531. The normalized spacial score (nSPS) is 10.8. The van der Waals surface area contributed by atoms with Gasteiger partial charge < -0.3 is 5.10 Å². The Morgan fingerprint density at radius 2 is 1.92 bits per heavy atom. The van der Waals surface area contributed by atoms with E-state index in [9.17, 15) is 0 Å². The van der Waals surface area contributed by atoms with Gasteiger partial charge in [-0.25, -0.2) is 0 Å². The highest BCUT2D eigenvalue weighted by atomic mass is 15.5. The standard InChI is InChI=1S/C9H7N4/c1-2-4-8(5-3-1)6-7-9-10-12-13-11-9/h1-7H/q-1/b7-6+. The molecule has 0 aliphatic heterocycles. The second-order valence-electron chi connectivity index (χ2n) is 2.48. The van der Waals surface area contributed by atoms with E-state index in [0.717, 1.165) is 5.56 Å². The zero-order valence-electron chi connectivity index (χ0n) is 6.83. The molecule has 1 aromatic heterocycles. The third-order valence-corrected chi connectivity index (χ3v) is 1.56. The molecule has 0 saturated heterocycles. The van der Waals surface area contributed by atoms with E-state index in [4.69, 9.17) is 0 Å². The summed E-state index contributed by atoms with van der Waals surface area (Å²) in [6, 6.07) is 9.92. The number of aromatic nitrogens is 4. The number of benzene rings is 1. The molecular formula is C9H7N4-. The molecule has 4 nitrogen and oxygen atoms in total. The van der Waals surface area contributed by atoms with E-state index in [2.05, 4.69) is 20.6 Å². The summed E-state index contributed by atoms with van der Waals surface area (Å²) in [6.07, 6.45) is 3.69. The van der Waals surface area contributed by atoms with Gasteiger partial charge in [0.1, 0.15) is 0 Å². The molecule has 1 heterocycles. The molecule has 0 amide bonds. The van der Waals surface area contributed by atoms with Crippen LogP contribution >= 0.6 is 0 Å². The summed E-state index contributed by atoms with van der Waals surface area (Å²) >= 11 is 0. The van der Waals surface area contributed by atoms with Crippen LogP contribution in [0.2, 0.25) is 0 Å². The molecule has 2 aromatic rings. The average Bonchev–Trinajstić information content (AvgIpc) is 2.69. The van der Waals surface area contributed by atoms with Gasteiger partial charge in [-0.15, -0.1) is 0 Å². The third-order valence-electron chi connectivity index (χ3n) is 1.56. The number of hydrogen-bond acceptors (Lipinski definition) is 3. The number of hydrogen-bond donors (Lipinski definition) is 0. The Morgan fingerprint density at radius 1 is 1.08 bits per heavy atom.